The number of carbonyl (C=O) groups is 2. The van der Waals surface area contributed by atoms with Crippen molar-refractivity contribution in [2.45, 2.75) is 234 Å². The van der Waals surface area contributed by atoms with Crippen LogP contribution in [0.25, 0.3) is 36.1 Å². The Labute approximate surface area is 408 Å². The molecule has 0 aromatic heterocycles. The first kappa shape index (κ1) is 87.8. The third-order valence-electron chi connectivity index (χ3n) is 9.31. The monoisotopic (exact) mass is 1250 g/mol. The molecule has 0 aromatic carbocycles. The van der Waals surface area contributed by atoms with E-state index in [9.17, 15) is 14.7 Å². The number of nitrogens with one attached hydrogen (secondary N) is 2. The number of aliphatic carboxylic acids is 2. The number of rotatable bonds is 40. The van der Waals surface area contributed by atoms with Crippen molar-refractivity contribution in [3.05, 3.63) is 36.1 Å². The van der Waals surface area contributed by atoms with E-state index in [-0.39, 0.29) is 80.6 Å². The Bertz CT molecular complexity index is 633. The third kappa shape index (κ3) is 114. The zero-order valence-corrected chi connectivity index (χ0v) is 43.7. The Morgan fingerprint density at radius 3 is 1.03 bits per heavy atom. The summed E-state index contributed by atoms with van der Waals surface area (Å²) in [5, 5.41) is 31.3. The summed E-state index contributed by atoms with van der Waals surface area (Å²) in [6.45, 7) is 13.3. The van der Waals surface area contributed by atoms with Crippen molar-refractivity contribution in [2.75, 3.05) is 45.9 Å². The van der Waals surface area contributed by atoms with Crippen LogP contribution in [0.15, 0.2) is 0 Å². The molecular weight excluding hydrogens is 1140 g/mol. The summed E-state index contributed by atoms with van der Waals surface area (Å²) in [5.41, 5.74) is 14.1. The van der Waals surface area contributed by atoms with Gasteiger partial charge in [0.15, 0.2) is 0 Å². The second-order valence-electron chi connectivity index (χ2n) is 14.9. The van der Waals surface area contributed by atoms with Gasteiger partial charge in [0, 0.05) is 12.4 Å². The first-order valence-corrected chi connectivity index (χ1v) is 23.0. The molecule has 16 heteroatoms. The number of unbranched alkanes of at least 4 members (excludes halogenated alkanes) is 25. The van der Waals surface area contributed by atoms with Crippen molar-refractivity contribution in [1.82, 2.24) is 0 Å². The van der Waals surface area contributed by atoms with E-state index in [2.05, 4.69) is 36.3 Å². The minimum absolute atomic E-state index is 0. The van der Waals surface area contributed by atoms with Gasteiger partial charge in [0.05, 0.1) is 19.7 Å². The van der Waals surface area contributed by atoms with Gasteiger partial charge in [0.25, 0.3) is 0 Å². The van der Waals surface area contributed by atoms with Gasteiger partial charge >= 0.3 is 48.1 Å². The minimum Gasteiger partial charge on any atom is -0.693 e. The number of quaternary nitrogens is 2. The molecule has 16 N–H and O–H groups in total. The molecule has 61 heavy (non-hydrogen) atoms. The van der Waals surface area contributed by atoms with Crippen LogP contribution in [0.4, 0.5) is 0 Å². The predicted molar refractivity (Wildman–Crippen MR) is 256 cm³/mol. The molecule has 0 aliphatic carbocycles. The molecule has 0 saturated heterocycles. The van der Waals surface area contributed by atoms with Gasteiger partial charge in [-0.2, -0.15) is 13.1 Å². The van der Waals surface area contributed by atoms with E-state index in [1.807, 2.05) is 0 Å². The van der Waals surface area contributed by atoms with E-state index >= 15 is 0 Å². The molecule has 14 nitrogen and oxygen atoms in total. The molecule has 0 saturated carbocycles. The van der Waals surface area contributed by atoms with E-state index in [0.717, 1.165) is 44.9 Å². The SMILES string of the molecule is C.CCCCCCCCCC(=O)O.CCCCCCCCCC(=O)[O-].CCCCCCCCCCOO.[NH-]CCCCCC[NH2+]CC[NH2+]CCCCCC[NH-].[NH2-].[NH2-].[NH2-].[NH2-].[Pt+4].[Pt+4]. The minimum atomic E-state index is -0.913. The number of carboxylic acids is 2. The van der Waals surface area contributed by atoms with Gasteiger partial charge in [0.1, 0.15) is 13.1 Å². The molecule has 0 aliphatic rings. The fourth-order valence-electron chi connectivity index (χ4n) is 5.82. The first-order chi connectivity index (χ1) is 26.4. The van der Waals surface area contributed by atoms with E-state index < -0.39 is 11.9 Å². The molecule has 0 radical (unpaired) electrons. The number of hydrogen-bond donors (Lipinski definition) is 4. The smallest absolute Gasteiger partial charge is 0.693 e. The molecule has 380 valence electrons. The topological polar surface area (TPSA) is 322 Å². The fourth-order valence-corrected chi connectivity index (χ4v) is 5.82. The molecule has 0 aliphatic heterocycles. The Hall–Kier alpha value is -0.0834. The van der Waals surface area contributed by atoms with Crippen molar-refractivity contribution >= 4 is 11.9 Å². The number of nitrogens with two attached hydrogens (primary N) is 6. The number of carbonyl (C=O) groups excluding carboxylic acids is 1. The maximum Gasteiger partial charge on any atom is 4.00 e. The van der Waals surface area contributed by atoms with Crippen molar-refractivity contribution in [2.24, 2.45) is 0 Å². The molecule has 0 heterocycles. The van der Waals surface area contributed by atoms with Crippen LogP contribution in [0.1, 0.15) is 234 Å². The van der Waals surface area contributed by atoms with E-state index in [1.165, 1.54) is 174 Å². The van der Waals surface area contributed by atoms with Gasteiger partial charge in [-0.1, -0.05) is 176 Å². The molecule has 0 atom stereocenters. The van der Waals surface area contributed by atoms with Crippen LogP contribution < -0.4 is 15.7 Å². The van der Waals surface area contributed by atoms with Crippen LogP contribution in [-0.4, -0.2) is 68.2 Å². The van der Waals surface area contributed by atoms with Crippen molar-refractivity contribution in [3.8, 4) is 0 Å². The molecule has 0 spiro atoms. The maximum atomic E-state index is 10.1. The van der Waals surface area contributed by atoms with E-state index in [1.54, 1.807) is 0 Å². The normalized spacial score (nSPS) is 9.28. The summed E-state index contributed by atoms with van der Waals surface area (Å²) in [5.74, 6) is -1.58. The van der Waals surface area contributed by atoms with Gasteiger partial charge in [-0.25, -0.2) is 4.89 Å². The quantitative estimate of drug-likeness (QED) is 0.0262. The summed E-state index contributed by atoms with van der Waals surface area (Å²) < 4.78 is 0. The predicted octanol–water partition coefficient (Wildman–Crippen LogP) is 13.5. The van der Waals surface area contributed by atoms with Gasteiger partial charge in [-0.05, 0) is 51.4 Å². The number of hydrogen-bond acceptors (Lipinski definition) is 5. The first-order valence-electron chi connectivity index (χ1n) is 23.0. The van der Waals surface area contributed by atoms with Gasteiger partial charge in [0.2, 0.25) is 0 Å². The summed E-state index contributed by atoms with van der Waals surface area (Å²) in [6.07, 6.45) is 37.1. The van der Waals surface area contributed by atoms with Crippen LogP contribution >= 0.6 is 0 Å². The molecule has 0 fully saturated rings. The second kappa shape index (κ2) is 90.6. The van der Waals surface area contributed by atoms with Crippen molar-refractivity contribution in [3.63, 3.8) is 0 Å². The molecular formula is C45H107N8O6Pt2+3. The van der Waals surface area contributed by atoms with Crippen molar-refractivity contribution in [1.29, 1.82) is 0 Å². The van der Waals surface area contributed by atoms with Crippen LogP contribution in [-0.2, 0) is 56.6 Å². The molecule has 0 unspecified atom stereocenters. The summed E-state index contributed by atoms with van der Waals surface area (Å²) in [4.78, 5) is 24.1. The van der Waals surface area contributed by atoms with E-state index in [4.69, 9.17) is 21.8 Å². The zero-order valence-electron chi connectivity index (χ0n) is 39.2. The summed E-state index contributed by atoms with van der Waals surface area (Å²) >= 11 is 0. The van der Waals surface area contributed by atoms with Crippen LogP contribution in [0.5, 0.6) is 0 Å². The molecule has 0 aromatic rings. The van der Waals surface area contributed by atoms with Crippen LogP contribution in [0, 0.1) is 0 Å². The average Bonchev–Trinajstić information content (AvgIpc) is 3.16. The van der Waals surface area contributed by atoms with Gasteiger partial charge in [-0.3, -0.25) is 10.1 Å². The third-order valence-corrected chi connectivity index (χ3v) is 9.31. The Balaban J connectivity index is -0.0000000594. The second-order valence-corrected chi connectivity index (χ2v) is 14.9. The zero-order chi connectivity index (χ0) is 40.9. The Morgan fingerprint density at radius 1 is 0.459 bits per heavy atom. The van der Waals surface area contributed by atoms with Gasteiger partial charge in [-0.15, -0.1) is 0 Å². The largest absolute Gasteiger partial charge is 4.00 e. The summed E-state index contributed by atoms with van der Waals surface area (Å²) in [6, 6.07) is 0. The summed E-state index contributed by atoms with van der Waals surface area (Å²) in [7, 11) is 0. The maximum absolute atomic E-state index is 10.1. The van der Waals surface area contributed by atoms with Crippen LogP contribution in [0.3, 0.4) is 0 Å². The van der Waals surface area contributed by atoms with Crippen molar-refractivity contribution < 1.29 is 82.7 Å². The fraction of sp³-hybridized carbons (Fsp3) is 0.956. The Morgan fingerprint density at radius 2 is 0.738 bits per heavy atom. The average molecular weight is 1250 g/mol. The van der Waals surface area contributed by atoms with Crippen LogP contribution in [0.2, 0.25) is 0 Å². The van der Waals surface area contributed by atoms with E-state index in [0.29, 0.717) is 26.1 Å². The molecule has 0 amide bonds. The standard InChI is InChI=1S/C14H32N4.C10H22O2.2C10H20O2.CH4.4H2N.2Pt/c15-9-5-1-3-7-11-17-13-14-18-12-8-4-2-6-10-16;1-2-3-4-5-6-7-8-9-10-12-11;2*1-2-3-4-5-6-7-8-9-10(11)12;;;;;;;/h15-18H,1-14H2;11H,2-10H2,1H3;2*2-9H2,1H3,(H,11,12);1H4;4*1H2;;/q-2;;;;;4*-1;2*+4/p+1. The Kier molecular flexibility index (Phi) is 130. The molecule has 0 rings (SSSR count). The van der Waals surface area contributed by atoms with Gasteiger partial charge < -0.3 is 61.7 Å². The number of carboxylic acid groups (broad SMARTS) is 2. The molecule has 0 bridgehead atoms.